The summed E-state index contributed by atoms with van der Waals surface area (Å²) in [5.41, 5.74) is 1.03. The van der Waals surface area contributed by atoms with Crippen LogP contribution in [0.1, 0.15) is 51.0 Å². The molecule has 1 atom stereocenters. The van der Waals surface area contributed by atoms with Crippen molar-refractivity contribution >= 4 is 27.5 Å². The van der Waals surface area contributed by atoms with Crippen LogP contribution in [0.2, 0.25) is 0 Å². The van der Waals surface area contributed by atoms with Crippen molar-refractivity contribution in [1.29, 1.82) is 0 Å². The number of carbonyl (C=O) groups excluding carboxylic acids is 2. The lowest BCUT2D eigenvalue weighted by Gasteiger charge is -2.34. The van der Waals surface area contributed by atoms with Crippen molar-refractivity contribution in [3.05, 3.63) is 48.0 Å². The Labute approximate surface area is 237 Å². The number of hydrogen-bond acceptors (Lipinski definition) is 7. The third-order valence-electron chi connectivity index (χ3n) is 7.18. The number of anilines is 1. The smallest absolute Gasteiger partial charge is 0.244 e. The molecule has 220 valence electrons. The number of benzene rings is 2. The van der Waals surface area contributed by atoms with Gasteiger partial charge in [0, 0.05) is 18.7 Å². The average Bonchev–Trinajstić information content (AvgIpc) is 2.95. The van der Waals surface area contributed by atoms with Gasteiger partial charge in [0.05, 0.1) is 33.3 Å². The first-order valence-electron chi connectivity index (χ1n) is 13.5. The predicted octanol–water partition coefficient (Wildman–Crippen LogP) is 3.73. The van der Waals surface area contributed by atoms with E-state index in [4.69, 9.17) is 14.2 Å². The third kappa shape index (κ3) is 8.03. The molecule has 0 spiro atoms. The molecule has 0 radical (unpaired) electrons. The Morgan fingerprint density at radius 1 is 0.950 bits per heavy atom. The van der Waals surface area contributed by atoms with Crippen LogP contribution in [0.25, 0.3) is 0 Å². The minimum absolute atomic E-state index is 0.0764. The van der Waals surface area contributed by atoms with Crippen molar-refractivity contribution in [3.8, 4) is 17.2 Å². The van der Waals surface area contributed by atoms with E-state index in [1.165, 1.54) is 25.2 Å². The number of amides is 2. The Morgan fingerprint density at radius 2 is 1.60 bits per heavy atom. The fourth-order valence-electron chi connectivity index (χ4n) is 4.99. The molecule has 2 aromatic carbocycles. The summed E-state index contributed by atoms with van der Waals surface area (Å²) in [4.78, 5) is 28.9. The Bertz CT molecular complexity index is 1240. The summed E-state index contributed by atoms with van der Waals surface area (Å²) >= 11 is 0. The first-order valence-corrected chi connectivity index (χ1v) is 15.4. The molecule has 1 aliphatic rings. The van der Waals surface area contributed by atoms with Gasteiger partial charge in [0.25, 0.3) is 0 Å². The van der Waals surface area contributed by atoms with E-state index in [-0.39, 0.29) is 24.2 Å². The van der Waals surface area contributed by atoms with Crippen molar-refractivity contribution in [1.82, 2.24) is 10.2 Å². The SMILES string of the molecule is CCC(C(=O)NC1CCCCC1)N(Cc1ccc(OC)cc1)C(=O)CN(c1ccc(OC)c(OC)c1)S(C)(=O)=O. The topological polar surface area (TPSA) is 114 Å². The number of nitrogens with zero attached hydrogens (tertiary/aromatic N) is 2. The van der Waals surface area contributed by atoms with Crippen molar-refractivity contribution < 1.29 is 32.2 Å². The number of methoxy groups -OCH3 is 3. The van der Waals surface area contributed by atoms with E-state index in [2.05, 4.69) is 5.32 Å². The highest BCUT2D eigenvalue weighted by atomic mass is 32.2. The second-order valence-electron chi connectivity index (χ2n) is 9.95. The fraction of sp³-hybridized carbons (Fsp3) is 0.517. The van der Waals surface area contributed by atoms with Gasteiger partial charge in [0.1, 0.15) is 18.3 Å². The third-order valence-corrected chi connectivity index (χ3v) is 8.32. The van der Waals surface area contributed by atoms with E-state index in [9.17, 15) is 18.0 Å². The van der Waals surface area contributed by atoms with E-state index in [1.54, 1.807) is 31.4 Å². The molecule has 1 unspecified atom stereocenters. The van der Waals surface area contributed by atoms with Crippen LogP contribution < -0.4 is 23.8 Å². The van der Waals surface area contributed by atoms with E-state index in [1.807, 2.05) is 19.1 Å². The van der Waals surface area contributed by atoms with Crippen molar-refractivity contribution in [2.24, 2.45) is 0 Å². The van der Waals surface area contributed by atoms with Gasteiger partial charge < -0.3 is 24.4 Å². The zero-order valence-corrected chi connectivity index (χ0v) is 24.8. The lowest BCUT2D eigenvalue weighted by molar-refractivity contribution is -0.140. The number of sulfonamides is 1. The summed E-state index contributed by atoms with van der Waals surface area (Å²) in [6, 6.07) is 11.2. The van der Waals surface area contributed by atoms with E-state index in [0.717, 1.165) is 48.2 Å². The minimum Gasteiger partial charge on any atom is -0.497 e. The standard InChI is InChI=1S/C29H41N3O7S/c1-6-25(29(34)30-22-10-8-7-9-11-22)31(19-21-12-15-24(37-2)16-13-21)28(33)20-32(40(5,35)36)23-14-17-26(38-3)27(18-23)39-4/h12-18,22,25H,6-11,19-20H2,1-5H3,(H,30,34). The van der Waals surface area contributed by atoms with Crippen LogP contribution in [-0.2, 0) is 26.2 Å². The van der Waals surface area contributed by atoms with Gasteiger partial charge in [0.15, 0.2) is 11.5 Å². The zero-order chi connectivity index (χ0) is 29.3. The highest BCUT2D eigenvalue weighted by molar-refractivity contribution is 7.92. The lowest BCUT2D eigenvalue weighted by Crippen LogP contribution is -2.53. The molecule has 11 heteroatoms. The van der Waals surface area contributed by atoms with Crippen molar-refractivity contribution in [2.75, 3.05) is 38.4 Å². The highest BCUT2D eigenvalue weighted by Gasteiger charge is 2.33. The van der Waals surface area contributed by atoms with Gasteiger partial charge in [-0.1, -0.05) is 38.3 Å². The lowest BCUT2D eigenvalue weighted by atomic mass is 9.95. The van der Waals surface area contributed by atoms with Gasteiger partial charge in [-0.2, -0.15) is 0 Å². The average molecular weight is 576 g/mol. The van der Waals surface area contributed by atoms with Gasteiger partial charge in [-0.25, -0.2) is 8.42 Å². The summed E-state index contributed by atoms with van der Waals surface area (Å²) in [5, 5.41) is 3.14. The maximum absolute atomic E-state index is 13.9. The maximum atomic E-state index is 13.9. The summed E-state index contributed by atoms with van der Waals surface area (Å²) in [7, 11) is 0.626. The summed E-state index contributed by atoms with van der Waals surface area (Å²) in [6.07, 6.45) is 6.51. The number of hydrogen-bond donors (Lipinski definition) is 1. The van der Waals surface area contributed by atoms with E-state index < -0.39 is 28.5 Å². The van der Waals surface area contributed by atoms with Crippen molar-refractivity contribution in [2.45, 2.75) is 64.1 Å². The Morgan fingerprint density at radius 3 is 2.15 bits per heavy atom. The second-order valence-corrected chi connectivity index (χ2v) is 11.9. The van der Waals surface area contributed by atoms with Crippen LogP contribution in [0.3, 0.4) is 0 Å². The second kappa shape index (κ2) is 14.2. The summed E-state index contributed by atoms with van der Waals surface area (Å²) in [5.74, 6) is 0.697. The number of ether oxygens (including phenoxy) is 3. The molecule has 0 heterocycles. The molecule has 0 saturated heterocycles. The molecule has 1 N–H and O–H groups in total. The Hall–Kier alpha value is -3.47. The molecule has 0 aromatic heterocycles. The van der Waals surface area contributed by atoms with Crippen LogP contribution in [0.15, 0.2) is 42.5 Å². The molecule has 1 saturated carbocycles. The van der Waals surface area contributed by atoms with Crippen LogP contribution in [0.5, 0.6) is 17.2 Å². The first kappa shape index (κ1) is 31.1. The molecule has 0 aliphatic heterocycles. The van der Waals surface area contributed by atoms with Gasteiger partial charge in [-0.05, 0) is 49.1 Å². The molecule has 1 fully saturated rings. The van der Waals surface area contributed by atoms with Crippen molar-refractivity contribution in [3.63, 3.8) is 0 Å². The minimum atomic E-state index is -3.88. The molecule has 40 heavy (non-hydrogen) atoms. The van der Waals surface area contributed by atoms with Crippen LogP contribution in [0.4, 0.5) is 5.69 Å². The quantitative estimate of drug-likeness (QED) is 0.387. The number of rotatable bonds is 13. The van der Waals surface area contributed by atoms with Gasteiger partial charge >= 0.3 is 0 Å². The number of carbonyl (C=O) groups is 2. The summed E-state index contributed by atoms with van der Waals surface area (Å²) in [6.45, 7) is 1.49. The van der Waals surface area contributed by atoms with Crippen LogP contribution >= 0.6 is 0 Å². The fourth-order valence-corrected chi connectivity index (χ4v) is 5.83. The largest absolute Gasteiger partial charge is 0.497 e. The monoisotopic (exact) mass is 575 g/mol. The highest BCUT2D eigenvalue weighted by Crippen LogP contribution is 2.32. The summed E-state index contributed by atoms with van der Waals surface area (Å²) < 4.78 is 42.7. The molecule has 0 bridgehead atoms. The molecular weight excluding hydrogens is 534 g/mol. The normalized spacial score (nSPS) is 14.6. The van der Waals surface area contributed by atoms with Gasteiger partial charge in [-0.3, -0.25) is 13.9 Å². The molecule has 3 rings (SSSR count). The maximum Gasteiger partial charge on any atom is 0.244 e. The molecule has 10 nitrogen and oxygen atoms in total. The Kier molecular flexibility index (Phi) is 11.1. The van der Waals surface area contributed by atoms with Gasteiger partial charge in [0.2, 0.25) is 21.8 Å². The predicted molar refractivity (Wildman–Crippen MR) is 154 cm³/mol. The van der Waals surface area contributed by atoms with Gasteiger partial charge in [-0.15, -0.1) is 0 Å². The van der Waals surface area contributed by atoms with E-state index >= 15 is 0 Å². The van der Waals surface area contributed by atoms with Crippen LogP contribution in [-0.4, -0.2) is 71.3 Å². The Balaban J connectivity index is 1.94. The molecule has 1 aliphatic carbocycles. The molecule has 2 amide bonds. The molecular formula is C29H41N3O7S. The molecule has 2 aromatic rings. The number of nitrogens with one attached hydrogen (secondary N) is 1. The zero-order valence-electron chi connectivity index (χ0n) is 24.0. The van der Waals surface area contributed by atoms with Crippen LogP contribution in [0, 0.1) is 0 Å². The van der Waals surface area contributed by atoms with E-state index in [0.29, 0.717) is 23.7 Å². The first-order chi connectivity index (χ1) is 19.1.